The number of nitrogens with one attached hydrogen (secondary N) is 1. The molecule has 3 fully saturated rings. The van der Waals surface area contributed by atoms with E-state index in [9.17, 15) is 34.6 Å². The molecule has 4 aliphatic heterocycles. The van der Waals surface area contributed by atoms with E-state index in [0.717, 1.165) is 43.5 Å². The van der Waals surface area contributed by atoms with Crippen LogP contribution in [0, 0.1) is 0 Å². The molecule has 276 valence electrons. The summed E-state index contributed by atoms with van der Waals surface area (Å²) in [5.74, 6) is -0.302. The Kier molecular flexibility index (Phi) is 11.3. The fraction of sp³-hybridized carbons (Fsp3) is 0.556. The molecule has 14 nitrogen and oxygen atoms in total. The Labute approximate surface area is 306 Å². The quantitative estimate of drug-likeness (QED) is 0.150. The number of carbonyl (C=O) groups is 4. The highest BCUT2D eigenvalue weighted by Crippen LogP contribution is 2.45. The summed E-state index contributed by atoms with van der Waals surface area (Å²) in [7, 11) is 1.33. The lowest BCUT2D eigenvalue weighted by atomic mass is 9.82. The molecular formula is C36H48BrN7O7. The second-order valence-corrected chi connectivity index (χ2v) is 15.2. The fourth-order valence-corrected chi connectivity index (χ4v) is 9.33. The number of nitrogens with zero attached hydrogens (tertiary/aromatic N) is 6. The SMILES string of the molecule is CN(O)C(=O)CN1CCC(N2CCN(C3(CC=O)CC(N4CCc5ccccc5NC4=O)CC[N@+]3(Cc3ccc(O)c(Br)c3)C(=O)[O-])CC2)CC1. The number of phenols is 1. The number of benzene rings is 2. The molecule has 0 radical (unpaired) electrons. The van der Waals surface area contributed by atoms with Gasteiger partial charge in [0.2, 0.25) is 0 Å². The summed E-state index contributed by atoms with van der Waals surface area (Å²) in [6.07, 6.45) is 2.55. The Bertz CT molecular complexity index is 1610. The molecule has 2 aromatic rings. The van der Waals surface area contributed by atoms with Crippen molar-refractivity contribution in [3.8, 4) is 5.75 Å². The van der Waals surface area contributed by atoms with E-state index in [1.807, 2.05) is 34.1 Å². The molecule has 2 unspecified atom stereocenters. The Morgan fingerprint density at radius 3 is 2.45 bits per heavy atom. The standard InChI is InChI=1S/C36H48BrN7O7/c1-39(51)33(47)24-40-13-9-28(10-14-40)41-16-18-42(19-17-41)36(12-21-45)23-29(43-15-8-27-4-2-3-5-31(27)38-34(43)48)11-20-44(36,35(49)50)25-26-6-7-32(46)30(37)22-26/h2-7,21-22,28-29,51H,8-20,23-25H2,1H3,(H2-,38,46,48,49,50)/t29?,36?,44-/m0/s1. The van der Waals surface area contributed by atoms with Crippen molar-refractivity contribution in [1.29, 1.82) is 0 Å². The van der Waals surface area contributed by atoms with Crippen LogP contribution < -0.4 is 10.4 Å². The number of piperidine rings is 2. The highest BCUT2D eigenvalue weighted by molar-refractivity contribution is 9.10. The van der Waals surface area contributed by atoms with Crippen molar-refractivity contribution in [2.45, 2.75) is 62.8 Å². The van der Waals surface area contributed by atoms with Crippen molar-refractivity contribution < 1.29 is 39.1 Å². The molecule has 0 saturated carbocycles. The van der Waals surface area contributed by atoms with Gasteiger partial charge in [0.05, 0.1) is 24.0 Å². The summed E-state index contributed by atoms with van der Waals surface area (Å²) in [5.41, 5.74) is 1.28. The van der Waals surface area contributed by atoms with Crippen molar-refractivity contribution in [2.75, 3.05) is 71.3 Å². The summed E-state index contributed by atoms with van der Waals surface area (Å²) in [6.45, 7) is 4.69. The third-order valence-electron chi connectivity index (χ3n) is 11.7. The van der Waals surface area contributed by atoms with Gasteiger partial charge in [-0.05, 0) is 65.0 Å². The second-order valence-electron chi connectivity index (χ2n) is 14.4. The van der Waals surface area contributed by atoms with Gasteiger partial charge in [-0.2, -0.15) is 0 Å². The van der Waals surface area contributed by atoms with Crippen molar-refractivity contribution in [3.05, 3.63) is 58.1 Å². The zero-order valence-electron chi connectivity index (χ0n) is 29.1. The molecule has 15 heteroatoms. The fourth-order valence-electron chi connectivity index (χ4n) is 8.91. The van der Waals surface area contributed by atoms with Crippen LogP contribution in [0.2, 0.25) is 0 Å². The molecule has 0 bridgehead atoms. The number of hydrogen-bond donors (Lipinski definition) is 3. The Hall–Kier alpha value is -3.60. The largest absolute Gasteiger partial charge is 0.507 e. The van der Waals surface area contributed by atoms with Gasteiger partial charge >= 0.3 is 6.03 Å². The van der Waals surface area contributed by atoms with Crippen LogP contribution in [0.15, 0.2) is 46.9 Å². The third kappa shape index (κ3) is 7.50. The number of hydrogen-bond acceptors (Lipinski definition) is 10. The van der Waals surface area contributed by atoms with E-state index < -0.39 is 16.2 Å². The minimum absolute atomic E-state index is 0.0408. The normalized spacial score (nSPS) is 26.9. The van der Waals surface area contributed by atoms with Gasteiger partial charge in [0.25, 0.3) is 12.0 Å². The van der Waals surface area contributed by atoms with E-state index in [-0.39, 0.29) is 56.2 Å². The number of piperazine rings is 1. The number of carboxylic acid groups (broad SMARTS) is 1. The molecule has 3 N–H and O–H groups in total. The first-order valence-electron chi connectivity index (χ1n) is 17.8. The minimum Gasteiger partial charge on any atom is -0.507 e. The van der Waals surface area contributed by atoms with E-state index in [1.54, 1.807) is 12.1 Å². The van der Waals surface area contributed by atoms with Gasteiger partial charge in [0.15, 0.2) is 5.66 Å². The highest BCUT2D eigenvalue weighted by atomic mass is 79.9. The van der Waals surface area contributed by atoms with E-state index in [1.165, 1.54) is 13.1 Å². The van der Waals surface area contributed by atoms with Gasteiger partial charge in [0.1, 0.15) is 18.6 Å². The highest BCUT2D eigenvalue weighted by Gasteiger charge is 2.61. The number of fused-ring (bicyclic) bond motifs is 1. The van der Waals surface area contributed by atoms with Crippen LogP contribution in [0.25, 0.3) is 0 Å². The summed E-state index contributed by atoms with van der Waals surface area (Å²) in [4.78, 5) is 60.7. The summed E-state index contributed by atoms with van der Waals surface area (Å²) < 4.78 is -0.0542. The molecular weight excluding hydrogens is 722 g/mol. The Morgan fingerprint density at radius 2 is 1.78 bits per heavy atom. The number of amides is 4. The molecule has 4 heterocycles. The molecule has 4 amide bonds. The predicted octanol–water partition coefficient (Wildman–Crippen LogP) is 2.28. The van der Waals surface area contributed by atoms with Crippen LogP contribution in [0.5, 0.6) is 5.75 Å². The molecule has 51 heavy (non-hydrogen) atoms. The average molecular weight is 771 g/mol. The number of carbonyl (C=O) groups excluding carboxylic acids is 4. The number of likely N-dealkylation sites (tertiary alicyclic amines) is 2. The summed E-state index contributed by atoms with van der Waals surface area (Å²) in [6, 6.07) is 12.4. The first kappa shape index (κ1) is 37.2. The maximum atomic E-state index is 13.7. The molecule has 2 aromatic carbocycles. The average Bonchev–Trinajstić information content (AvgIpc) is 3.29. The minimum atomic E-state index is -1.27. The monoisotopic (exact) mass is 769 g/mol. The van der Waals surface area contributed by atoms with Crippen LogP contribution in [-0.2, 0) is 22.6 Å². The Morgan fingerprint density at radius 1 is 1.06 bits per heavy atom. The van der Waals surface area contributed by atoms with E-state index >= 15 is 0 Å². The van der Waals surface area contributed by atoms with Gasteiger partial charge in [0, 0.05) is 89.0 Å². The molecule has 0 aliphatic carbocycles. The number of urea groups is 1. The first-order chi connectivity index (χ1) is 24.5. The lowest BCUT2D eigenvalue weighted by Gasteiger charge is -2.62. The Balaban J connectivity index is 1.27. The number of anilines is 1. The lowest BCUT2D eigenvalue weighted by molar-refractivity contribution is -0.956. The first-order valence-corrected chi connectivity index (χ1v) is 18.6. The maximum Gasteiger partial charge on any atom is 0.322 e. The number of rotatable bonds is 9. The maximum absolute atomic E-state index is 13.7. The molecule has 4 aliphatic rings. The van der Waals surface area contributed by atoms with Crippen molar-refractivity contribution in [1.82, 2.24) is 24.7 Å². The van der Waals surface area contributed by atoms with Crippen molar-refractivity contribution in [2.24, 2.45) is 0 Å². The second kappa shape index (κ2) is 15.6. The molecule has 0 spiro atoms. The van der Waals surface area contributed by atoms with Gasteiger partial charge < -0.3 is 30.0 Å². The topological polar surface area (TPSA) is 160 Å². The van der Waals surface area contributed by atoms with Crippen LogP contribution >= 0.6 is 15.9 Å². The van der Waals surface area contributed by atoms with Crippen LogP contribution in [-0.4, -0.2) is 147 Å². The number of hydroxylamine groups is 2. The zero-order valence-corrected chi connectivity index (χ0v) is 30.7. The predicted molar refractivity (Wildman–Crippen MR) is 190 cm³/mol. The summed E-state index contributed by atoms with van der Waals surface area (Å²) in [5, 5.41) is 37.0. The number of quaternary nitrogens is 1. The van der Waals surface area contributed by atoms with Crippen molar-refractivity contribution >= 4 is 45.9 Å². The van der Waals surface area contributed by atoms with Crippen molar-refractivity contribution in [3.63, 3.8) is 0 Å². The molecule has 3 atom stereocenters. The van der Waals surface area contributed by atoms with Crippen LogP contribution in [0.3, 0.4) is 0 Å². The van der Waals surface area contributed by atoms with Crippen LogP contribution in [0.1, 0.15) is 43.2 Å². The summed E-state index contributed by atoms with van der Waals surface area (Å²) >= 11 is 3.38. The number of aldehydes is 1. The smallest absolute Gasteiger partial charge is 0.322 e. The van der Waals surface area contributed by atoms with Gasteiger partial charge in [-0.3, -0.25) is 24.3 Å². The van der Waals surface area contributed by atoms with E-state index in [4.69, 9.17) is 0 Å². The van der Waals surface area contributed by atoms with Crippen LogP contribution in [0.4, 0.5) is 15.3 Å². The van der Waals surface area contributed by atoms with E-state index in [2.05, 4.69) is 31.0 Å². The molecule has 3 saturated heterocycles. The number of likely N-dealkylation sites (N-methyl/N-ethyl adjacent to an activating group) is 1. The zero-order chi connectivity index (χ0) is 36.3. The molecule has 6 rings (SSSR count). The third-order valence-corrected chi connectivity index (χ3v) is 12.3. The number of aromatic hydroxyl groups is 1. The number of para-hydroxylation sites is 1. The lowest BCUT2D eigenvalue weighted by Crippen LogP contribution is -2.81. The van der Waals surface area contributed by atoms with Gasteiger partial charge in [-0.15, -0.1) is 0 Å². The van der Waals surface area contributed by atoms with Gasteiger partial charge in [-0.1, -0.05) is 18.2 Å². The molecule has 0 aromatic heterocycles. The van der Waals surface area contributed by atoms with Gasteiger partial charge in [-0.25, -0.2) is 14.8 Å². The number of halogens is 1. The van der Waals surface area contributed by atoms with E-state index in [0.29, 0.717) is 66.7 Å². The number of phenolic OH excluding ortho intramolecular Hbond substituents is 1.